The molecule has 0 saturated carbocycles. The monoisotopic (exact) mass is 410 g/mol. The van der Waals surface area contributed by atoms with E-state index in [-0.39, 0.29) is 11.2 Å². The van der Waals surface area contributed by atoms with E-state index < -0.39 is 42.4 Å². The topological polar surface area (TPSA) is 135 Å². The highest BCUT2D eigenvalue weighted by atomic mass is 32.1. The number of rotatable bonds is 4. The van der Waals surface area contributed by atoms with Crippen molar-refractivity contribution in [3.63, 3.8) is 0 Å². The normalized spacial score (nSPS) is 24.5. The fourth-order valence-electron chi connectivity index (χ4n) is 3.03. The van der Waals surface area contributed by atoms with Gasteiger partial charge in [-0.05, 0) is 0 Å². The van der Waals surface area contributed by atoms with Crippen molar-refractivity contribution in [3.8, 4) is 0 Å². The molecule has 1 aliphatic heterocycles. The highest BCUT2D eigenvalue weighted by Gasteiger charge is 2.48. The average Bonchev–Trinajstić information content (AvgIpc) is 3.02. The van der Waals surface area contributed by atoms with Crippen molar-refractivity contribution < 1.29 is 33.3 Å². The van der Waals surface area contributed by atoms with Crippen LogP contribution in [0.15, 0.2) is 12.7 Å². The standard InChI is InChI=1S/C16H18N4O7S/c1-7(21)25-10-4-24-16(13(27-9(3)23)12(10)26-8(2)22)20-6-19-11-14(20)17-5-18-15(11)28/h5-6,10,12-13,16H,4H2,1-3H3,(H,17,18,28)/t10-,12-,13-,16-/m1/s1. The molecular formula is C16H18N4O7S. The lowest BCUT2D eigenvalue weighted by Gasteiger charge is -2.40. The Labute approximate surface area is 163 Å². The van der Waals surface area contributed by atoms with Gasteiger partial charge in [0.25, 0.3) is 0 Å². The molecule has 1 saturated heterocycles. The molecule has 1 fully saturated rings. The van der Waals surface area contributed by atoms with Gasteiger partial charge in [-0.15, -0.1) is 0 Å². The number of esters is 3. The summed E-state index contributed by atoms with van der Waals surface area (Å²) in [4.78, 5) is 45.9. The molecule has 0 bridgehead atoms. The number of carbonyl (C=O) groups is 3. The fourth-order valence-corrected chi connectivity index (χ4v) is 3.23. The zero-order valence-electron chi connectivity index (χ0n) is 15.3. The van der Waals surface area contributed by atoms with Gasteiger partial charge in [0.1, 0.15) is 11.2 Å². The molecule has 2 aromatic rings. The Hall–Kier alpha value is -2.86. The first-order chi connectivity index (χ1) is 13.3. The van der Waals surface area contributed by atoms with Gasteiger partial charge >= 0.3 is 17.9 Å². The van der Waals surface area contributed by atoms with Crippen LogP contribution < -0.4 is 0 Å². The first kappa shape index (κ1) is 19.9. The minimum absolute atomic E-state index is 0.0918. The number of imidazole rings is 1. The van der Waals surface area contributed by atoms with E-state index in [2.05, 4.69) is 15.0 Å². The predicted molar refractivity (Wildman–Crippen MR) is 94.4 cm³/mol. The summed E-state index contributed by atoms with van der Waals surface area (Å²) in [5, 5.41) is 0. The first-order valence-corrected chi connectivity index (χ1v) is 8.72. The molecule has 0 unspecified atom stereocenters. The van der Waals surface area contributed by atoms with Gasteiger partial charge in [0.15, 0.2) is 29.2 Å². The summed E-state index contributed by atoms with van der Waals surface area (Å²) >= 11 is 5.15. The molecule has 0 aliphatic carbocycles. The fraction of sp³-hybridized carbons (Fsp3) is 0.500. The van der Waals surface area contributed by atoms with Crippen LogP contribution in [0.25, 0.3) is 11.2 Å². The molecular weight excluding hydrogens is 392 g/mol. The molecule has 0 amide bonds. The third kappa shape index (κ3) is 4.02. The van der Waals surface area contributed by atoms with Gasteiger partial charge in [-0.3, -0.25) is 19.0 Å². The maximum absolute atomic E-state index is 11.7. The lowest BCUT2D eigenvalue weighted by molar-refractivity contribution is -0.239. The van der Waals surface area contributed by atoms with E-state index in [0.717, 1.165) is 0 Å². The molecule has 2 aromatic heterocycles. The zero-order valence-corrected chi connectivity index (χ0v) is 16.1. The number of hydrogen-bond acceptors (Lipinski definition) is 10. The number of ether oxygens (including phenoxy) is 4. The molecule has 150 valence electrons. The van der Waals surface area contributed by atoms with Crippen LogP contribution in [-0.4, -0.2) is 62.3 Å². The summed E-state index contributed by atoms with van der Waals surface area (Å²) in [5.41, 5.74) is 0.906. The highest BCUT2D eigenvalue weighted by Crippen LogP contribution is 2.32. The Morgan fingerprint density at radius 3 is 2.39 bits per heavy atom. The van der Waals surface area contributed by atoms with E-state index in [0.29, 0.717) is 11.2 Å². The van der Waals surface area contributed by atoms with Crippen molar-refractivity contribution in [2.75, 3.05) is 6.61 Å². The third-order valence-corrected chi connectivity index (χ3v) is 4.28. The number of nitrogens with one attached hydrogen (secondary N) is 1. The minimum Gasteiger partial charge on any atom is -0.456 e. The predicted octanol–water partition coefficient (Wildman–Crippen LogP) is 0.813. The lowest BCUT2D eigenvalue weighted by atomic mass is 10.0. The van der Waals surface area contributed by atoms with Gasteiger partial charge in [-0.1, -0.05) is 12.2 Å². The molecule has 1 aliphatic rings. The van der Waals surface area contributed by atoms with Gasteiger partial charge in [-0.2, -0.15) is 0 Å². The molecule has 11 nitrogen and oxygen atoms in total. The summed E-state index contributed by atoms with van der Waals surface area (Å²) < 4.78 is 23.6. The largest absolute Gasteiger partial charge is 0.456 e. The summed E-state index contributed by atoms with van der Waals surface area (Å²) in [6.07, 6.45) is -1.21. The van der Waals surface area contributed by atoms with Crippen LogP contribution in [0.3, 0.4) is 0 Å². The quantitative estimate of drug-likeness (QED) is 0.438. The Balaban J connectivity index is 2.05. The van der Waals surface area contributed by atoms with Gasteiger partial charge < -0.3 is 23.9 Å². The van der Waals surface area contributed by atoms with Gasteiger partial charge in [0.05, 0.1) is 19.3 Å². The molecule has 4 atom stereocenters. The second-order valence-electron chi connectivity index (χ2n) is 6.08. The van der Waals surface area contributed by atoms with Crippen LogP contribution in [0.4, 0.5) is 0 Å². The number of fused-ring (bicyclic) bond motifs is 1. The van der Waals surface area contributed by atoms with Crippen LogP contribution in [0.5, 0.6) is 0 Å². The summed E-state index contributed by atoms with van der Waals surface area (Å²) in [5.74, 6) is -1.84. The van der Waals surface area contributed by atoms with E-state index in [1.54, 1.807) is 4.57 Å². The molecule has 0 aromatic carbocycles. The van der Waals surface area contributed by atoms with E-state index in [9.17, 15) is 14.4 Å². The highest BCUT2D eigenvalue weighted by molar-refractivity contribution is 7.71. The van der Waals surface area contributed by atoms with Crippen molar-refractivity contribution in [2.24, 2.45) is 0 Å². The smallest absolute Gasteiger partial charge is 0.303 e. The Bertz CT molecular complexity index is 971. The second kappa shape index (κ2) is 8.02. The first-order valence-electron chi connectivity index (χ1n) is 8.31. The lowest BCUT2D eigenvalue weighted by Crippen LogP contribution is -2.55. The SMILES string of the molecule is CC(=O)O[C@@H]1[C@H](OC(C)=O)[C@H](OC(C)=O)CO[C@H]1n1cnc2c(=S)nc[nH]c21. The number of aromatic nitrogens is 4. The molecule has 3 rings (SSSR count). The molecule has 0 spiro atoms. The van der Waals surface area contributed by atoms with Crippen molar-refractivity contribution in [1.29, 1.82) is 0 Å². The van der Waals surface area contributed by atoms with Crippen molar-refractivity contribution in [2.45, 2.75) is 45.3 Å². The second-order valence-corrected chi connectivity index (χ2v) is 6.46. The van der Waals surface area contributed by atoms with Crippen LogP contribution in [0, 0.1) is 4.64 Å². The summed E-state index contributed by atoms with van der Waals surface area (Å²) in [6.45, 7) is 3.54. The van der Waals surface area contributed by atoms with Crippen molar-refractivity contribution >= 4 is 41.3 Å². The third-order valence-electron chi connectivity index (χ3n) is 3.98. The molecule has 12 heteroatoms. The molecule has 28 heavy (non-hydrogen) atoms. The van der Waals surface area contributed by atoms with E-state index >= 15 is 0 Å². The average molecular weight is 410 g/mol. The molecule has 0 radical (unpaired) electrons. The Morgan fingerprint density at radius 2 is 1.75 bits per heavy atom. The number of nitrogens with zero attached hydrogens (tertiary/aromatic N) is 3. The van der Waals surface area contributed by atoms with Crippen molar-refractivity contribution in [3.05, 3.63) is 17.3 Å². The number of carbonyl (C=O) groups excluding carboxylic acids is 3. The van der Waals surface area contributed by atoms with Crippen LogP contribution in [0.2, 0.25) is 0 Å². The van der Waals surface area contributed by atoms with Gasteiger partial charge in [-0.25, -0.2) is 9.97 Å². The van der Waals surface area contributed by atoms with Crippen LogP contribution in [-0.2, 0) is 33.3 Å². The maximum Gasteiger partial charge on any atom is 0.303 e. The number of aromatic amines is 1. The number of hydrogen-bond donors (Lipinski definition) is 1. The van der Waals surface area contributed by atoms with Gasteiger partial charge in [0, 0.05) is 20.8 Å². The maximum atomic E-state index is 11.7. The Morgan fingerprint density at radius 1 is 1.11 bits per heavy atom. The van der Waals surface area contributed by atoms with Crippen molar-refractivity contribution in [1.82, 2.24) is 19.5 Å². The van der Waals surface area contributed by atoms with E-state index in [1.165, 1.54) is 33.4 Å². The summed E-state index contributed by atoms with van der Waals surface area (Å²) in [7, 11) is 0. The van der Waals surface area contributed by atoms with Crippen LogP contribution in [0.1, 0.15) is 27.0 Å². The zero-order chi connectivity index (χ0) is 20.4. The van der Waals surface area contributed by atoms with E-state index in [1.807, 2.05) is 0 Å². The minimum atomic E-state index is -1.10. The summed E-state index contributed by atoms with van der Waals surface area (Å²) in [6, 6.07) is 0. The van der Waals surface area contributed by atoms with Crippen LogP contribution >= 0.6 is 12.2 Å². The number of H-pyrrole nitrogens is 1. The van der Waals surface area contributed by atoms with E-state index in [4.69, 9.17) is 31.2 Å². The Kier molecular flexibility index (Phi) is 5.70. The molecule has 3 heterocycles. The molecule has 1 N–H and O–H groups in total. The van der Waals surface area contributed by atoms with Gasteiger partial charge in [0.2, 0.25) is 0 Å².